The van der Waals surface area contributed by atoms with E-state index in [0.29, 0.717) is 23.6 Å². The van der Waals surface area contributed by atoms with Gasteiger partial charge in [-0.3, -0.25) is 4.99 Å². The van der Waals surface area contributed by atoms with Crippen LogP contribution < -0.4 is 10.6 Å². The minimum absolute atomic E-state index is 0.118. The highest BCUT2D eigenvalue weighted by atomic mass is 19.4. The Morgan fingerprint density at radius 1 is 1.07 bits per heavy atom. The first-order chi connectivity index (χ1) is 13.8. The predicted octanol–water partition coefficient (Wildman–Crippen LogP) is 3.64. The molecule has 154 valence electrons. The molecule has 0 aromatic heterocycles. The molecule has 2 rings (SSSR count). The normalized spacial score (nSPS) is 11.8. The van der Waals surface area contributed by atoms with Gasteiger partial charge in [0.15, 0.2) is 5.96 Å². The van der Waals surface area contributed by atoms with E-state index in [4.69, 9.17) is 5.26 Å². The van der Waals surface area contributed by atoms with Crippen LogP contribution in [0.2, 0.25) is 0 Å². The van der Waals surface area contributed by atoms with Crippen LogP contribution in [0, 0.1) is 17.1 Å². The lowest BCUT2D eigenvalue weighted by molar-refractivity contribution is -0.176. The maximum Gasteiger partial charge on any atom is 0.411 e. The zero-order chi connectivity index (χ0) is 21.3. The molecule has 2 N–H and O–H groups in total. The number of hydrogen-bond donors (Lipinski definition) is 2. The monoisotopic (exact) mass is 408 g/mol. The van der Waals surface area contributed by atoms with Crippen LogP contribution in [-0.2, 0) is 24.4 Å². The lowest BCUT2D eigenvalue weighted by atomic mass is 10.1. The van der Waals surface area contributed by atoms with E-state index in [9.17, 15) is 17.6 Å². The van der Waals surface area contributed by atoms with Crippen LogP contribution >= 0.6 is 0 Å². The average molecular weight is 408 g/mol. The van der Waals surface area contributed by atoms with Crippen LogP contribution in [0.15, 0.2) is 47.5 Å². The molecule has 0 aliphatic carbocycles. The number of aliphatic imine (C=N–C) groups is 1. The van der Waals surface area contributed by atoms with Gasteiger partial charge < -0.3 is 15.4 Å². The van der Waals surface area contributed by atoms with Gasteiger partial charge in [-0.25, -0.2) is 4.39 Å². The molecule has 0 saturated carbocycles. The average Bonchev–Trinajstić information content (AvgIpc) is 2.69. The van der Waals surface area contributed by atoms with Gasteiger partial charge in [-0.15, -0.1) is 0 Å². The molecule has 0 aliphatic heterocycles. The molecule has 0 amide bonds. The summed E-state index contributed by atoms with van der Waals surface area (Å²) in [6, 6.07) is 13.0. The largest absolute Gasteiger partial charge is 0.411 e. The summed E-state index contributed by atoms with van der Waals surface area (Å²) in [5.41, 5.74) is 2.17. The van der Waals surface area contributed by atoms with Gasteiger partial charge >= 0.3 is 6.18 Å². The molecule has 2 aromatic rings. The predicted molar refractivity (Wildman–Crippen MR) is 100 cm³/mol. The van der Waals surface area contributed by atoms with Crippen LogP contribution in [0.3, 0.4) is 0 Å². The molecule has 0 unspecified atom stereocenters. The highest BCUT2D eigenvalue weighted by molar-refractivity contribution is 5.79. The van der Waals surface area contributed by atoms with Crippen molar-refractivity contribution < 1.29 is 22.3 Å². The Balaban J connectivity index is 1.81. The van der Waals surface area contributed by atoms with Gasteiger partial charge in [-0.2, -0.15) is 18.4 Å². The maximum atomic E-state index is 13.9. The summed E-state index contributed by atoms with van der Waals surface area (Å²) in [5, 5.41) is 14.8. The van der Waals surface area contributed by atoms with Crippen molar-refractivity contribution in [1.29, 1.82) is 5.26 Å². The molecule has 0 fully saturated rings. The summed E-state index contributed by atoms with van der Waals surface area (Å²) in [4.78, 5) is 4.06. The number of benzene rings is 2. The Hall–Kier alpha value is -3.12. The van der Waals surface area contributed by atoms with Crippen LogP contribution in [0.1, 0.15) is 22.3 Å². The first-order valence-corrected chi connectivity index (χ1v) is 8.66. The standard InChI is InChI=1S/C20H20F4N4O/c1-26-19(28-11-17-7-6-16(9-25)8-18(17)21)27-10-14-2-4-15(5-3-14)12-29-13-20(22,23)24/h2-8H,10-13H2,1H3,(H2,26,27,28). The van der Waals surface area contributed by atoms with Crippen molar-refractivity contribution in [3.8, 4) is 6.07 Å². The Labute approximate surface area is 166 Å². The smallest absolute Gasteiger partial charge is 0.367 e. The summed E-state index contributed by atoms with van der Waals surface area (Å²) in [6.45, 7) is -0.795. The van der Waals surface area contributed by atoms with Crippen molar-refractivity contribution >= 4 is 5.96 Å². The second-order valence-corrected chi connectivity index (χ2v) is 6.12. The highest BCUT2D eigenvalue weighted by Gasteiger charge is 2.27. The van der Waals surface area contributed by atoms with Gasteiger partial charge in [0, 0.05) is 25.7 Å². The number of halogens is 4. The summed E-state index contributed by atoms with van der Waals surface area (Å²) in [6.07, 6.45) is -4.34. The molecule has 0 heterocycles. The van der Waals surface area contributed by atoms with Crippen LogP contribution in [0.25, 0.3) is 0 Å². The van der Waals surface area contributed by atoms with Gasteiger partial charge in [0.1, 0.15) is 12.4 Å². The summed E-state index contributed by atoms with van der Waals surface area (Å²) in [7, 11) is 1.57. The molecule has 2 aromatic carbocycles. The molecule has 0 radical (unpaired) electrons. The van der Waals surface area contributed by atoms with E-state index in [1.165, 1.54) is 18.2 Å². The van der Waals surface area contributed by atoms with Crippen molar-refractivity contribution in [2.45, 2.75) is 25.9 Å². The fourth-order valence-corrected chi connectivity index (χ4v) is 2.38. The number of hydrogen-bond acceptors (Lipinski definition) is 3. The summed E-state index contributed by atoms with van der Waals surface area (Å²) < 4.78 is 54.8. The van der Waals surface area contributed by atoms with E-state index in [-0.39, 0.29) is 18.7 Å². The first-order valence-electron chi connectivity index (χ1n) is 8.66. The van der Waals surface area contributed by atoms with Gasteiger partial charge in [0.2, 0.25) is 0 Å². The third kappa shape index (κ3) is 7.79. The Morgan fingerprint density at radius 2 is 1.72 bits per heavy atom. The molecule has 0 spiro atoms. The van der Waals surface area contributed by atoms with Gasteiger partial charge in [-0.05, 0) is 23.3 Å². The molecule has 0 saturated heterocycles. The van der Waals surface area contributed by atoms with Crippen LogP contribution in [0.5, 0.6) is 0 Å². The quantitative estimate of drug-likeness (QED) is 0.417. The van der Waals surface area contributed by atoms with E-state index in [2.05, 4.69) is 20.4 Å². The van der Waals surface area contributed by atoms with Crippen molar-refractivity contribution in [1.82, 2.24) is 10.6 Å². The fourth-order valence-electron chi connectivity index (χ4n) is 2.38. The zero-order valence-electron chi connectivity index (χ0n) is 15.7. The van der Waals surface area contributed by atoms with Gasteiger partial charge in [0.25, 0.3) is 0 Å². The molecule has 9 heteroatoms. The summed E-state index contributed by atoms with van der Waals surface area (Å²) >= 11 is 0. The highest BCUT2D eigenvalue weighted by Crippen LogP contribution is 2.16. The van der Waals surface area contributed by atoms with Crippen molar-refractivity contribution in [2.24, 2.45) is 4.99 Å². The number of alkyl halides is 3. The van der Waals surface area contributed by atoms with Crippen molar-refractivity contribution in [3.63, 3.8) is 0 Å². The second-order valence-electron chi connectivity index (χ2n) is 6.12. The third-order valence-corrected chi connectivity index (χ3v) is 3.87. The van der Waals surface area contributed by atoms with Crippen molar-refractivity contribution in [2.75, 3.05) is 13.7 Å². The third-order valence-electron chi connectivity index (χ3n) is 3.87. The Morgan fingerprint density at radius 3 is 2.31 bits per heavy atom. The van der Waals surface area contributed by atoms with E-state index in [1.54, 1.807) is 31.3 Å². The molecule has 0 aliphatic rings. The summed E-state index contributed by atoms with van der Waals surface area (Å²) in [5.74, 6) is -0.0262. The lowest BCUT2D eigenvalue weighted by Crippen LogP contribution is -2.36. The molecule has 0 bridgehead atoms. The Bertz CT molecular complexity index is 874. The van der Waals surface area contributed by atoms with Gasteiger partial charge in [0.05, 0.1) is 18.2 Å². The topological polar surface area (TPSA) is 69.4 Å². The Kier molecular flexibility index (Phi) is 7.98. The number of nitrogens with one attached hydrogen (secondary N) is 2. The minimum atomic E-state index is -4.34. The molecular weight excluding hydrogens is 388 g/mol. The van der Waals surface area contributed by atoms with Gasteiger partial charge in [-0.1, -0.05) is 30.3 Å². The van der Waals surface area contributed by atoms with E-state index in [0.717, 1.165) is 5.56 Å². The van der Waals surface area contributed by atoms with E-state index in [1.807, 2.05) is 6.07 Å². The van der Waals surface area contributed by atoms with Crippen molar-refractivity contribution in [3.05, 3.63) is 70.5 Å². The minimum Gasteiger partial charge on any atom is -0.367 e. The first kappa shape index (κ1) is 22.2. The van der Waals surface area contributed by atoms with E-state index >= 15 is 0 Å². The lowest BCUT2D eigenvalue weighted by Gasteiger charge is -2.13. The molecule has 5 nitrogen and oxygen atoms in total. The molecule has 0 atom stereocenters. The number of nitrogens with zero attached hydrogens (tertiary/aromatic N) is 2. The number of guanidine groups is 1. The number of ether oxygens (including phenoxy) is 1. The molecule has 29 heavy (non-hydrogen) atoms. The maximum absolute atomic E-state index is 13.9. The number of nitriles is 1. The zero-order valence-corrected chi connectivity index (χ0v) is 15.7. The second kappa shape index (κ2) is 10.4. The molecular formula is C20H20F4N4O. The fraction of sp³-hybridized carbons (Fsp3) is 0.300. The SMILES string of the molecule is CN=C(NCc1ccc(COCC(F)(F)F)cc1)NCc1ccc(C#N)cc1F. The van der Waals surface area contributed by atoms with Crippen LogP contribution in [-0.4, -0.2) is 25.8 Å². The van der Waals surface area contributed by atoms with E-state index < -0.39 is 18.6 Å². The van der Waals surface area contributed by atoms with Crippen LogP contribution in [0.4, 0.5) is 17.6 Å². The number of rotatable bonds is 7.